The summed E-state index contributed by atoms with van der Waals surface area (Å²) in [6, 6.07) is 15.0. The van der Waals surface area contributed by atoms with Gasteiger partial charge in [0.15, 0.2) is 0 Å². The summed E-state index contributed by atoms with van der Waals surface area (Å²) >= 11 is 0. The number of nitrogens with zero attached hydrogens (tertiary/aromatic N) is 1. The van der Waals surface area contributed by atoms with Crippen LogP contribution >= 0.6 is 0 Å². The molecule has 2 amide bonds. The zero-order chi connectivity index (χ0) is 18.3. The summed E-state index contributed by atoms with van der Waals surface area (Å²) in [5, 5.41) is 0. The molecule has 2 aromatic rings. The van der Waals surface area contributed by atoms with Crippen molar-refractivity contribution in [1.82, 2.24) is 0 Å². The molecular formula is C22H23NO3. The van der Waals surface area contributed by atoms with Crippen molar-refractivity contribution in [3.05, 3.63) is 54.1 Å². The molecule has 0 N–H and O–H groups in total. The fourth-order valence-corrected chi connectivity index (χ4v) is 4.12. The zero-order valence-corrected chi connectivity index (χ0v) is 15.1. The topological polar surface area (TPSA) is 46.6 Å². The highest BCUT2D eigenvalue weighted by atomic mass is 16.5. The van der Waals surface area contributed by atoms with E-state index in [2.05, 4.69) is 6.92 Å². The quantitative estimate of drug-likeness (QED) is 0.754. The molecule has 1 saturated heterocycles. The Morgan fingerprint density at radius 1 is 0.923 bits per heavy atom. The van der Waals surface area contributed by atoms with Crippen molar-refractivity contribution in [2.75, 3.05) is 4.90 Å². The van der Waals surface area contributed by atoms with Crippen LogP contribution in [0.2, 0.25) is 0 Å². The number of fused-ring (bicyclic) bond motifs is 1. The van der Waals surface area contributed by atoms with E-state index in [-0.39, 0.29) is 23.7 Å². The lowest BCUT2D eigenvalue weighted by atomic mass is 9.76. The molecule has 0 aromatic heterocycles. The molecule has 26 heavy (non-hydrogen) atoms. The SMILES string of the molecule is Cc1cccc(Oc2ccc(N3C(=O)[C@H]4C[C@@H](C)CC[C@H]4C3=O)cc2)c1. The van der Waals surface area contributed by atoms with Crippen LogP contribution in [0.4, 0.5) is 5.69 Å². The minimum Gasteiger partial charge on any atom is -0.457 e. The number of aryl methyl sites for hydroxylation is 1. The standard InChI is InChI=1S/C22H23NO3/c1-14-4-3-5-18(12-14)26-17-9-7-16(8-10-17)23-21(24)19-11-6-15(2)13-20(19)22(23)25/h3-5,7-10,12,15,19-20H,6,11,13H2,1-2H3/t15-,19+,20-/m0/s1. The van der Waals surface area contributed by atoms with Gasteiger partial charge in [-0.1, -0.05) is 19.1 Å². The molecule has 2 fully saturated rings. The van der Waals surface area contributed by atoms with Crippen LogP contribution < -0.4 is 9.64 Å². The van der Waals surface area contributed by atoms with Crippen LogP contribution in [0.3, 0.4) is 0 Å². The van der Waals surface area contributed by atoms with Gasteiger partial charge in [-0.25, -0.2) is 0 Å². The van der Waals surface area contributed by atoms with Crippen molar-refractivity contribution in [2.24, 2.45) is 17.8 Å². The van der Waals surface area contributed by atoms with E-state index in [9.17, 15) is 9.59 Å². The Bertz CT molecular complexity index is 843. The number of amides is 2. The molecule has 0 unspecified atom stereocenters. The van der Waals surface area contributed by atoms with E-state index >= 15 is 0 Å². The van der Waals surface area contributed by atoms with Crippen LogP contribution in [0.25, 0.3) is 0 Å². The van der Waals surface area contributed by atoms with E-state index in [0.29, 0.717) is 17.4 Å². The average molecular weight is 349 g/mol. The summed E-state index contributed by atoms with van der Waals surface area (Å²) in [6.45, 7) is 4.18. The van der Waals surface area contributed by atoms with Gasteiger partial charge in [0.2, 0.25) is 11.8 Å². The molecule has 0 spiro atoms. The van der Waals surface area contributed by atoms with Crippen molar-refractivity contribution in [1.29, 1.82) is 0 Å². The Labute approximate surface area is 153 Å². The van der Waals surface area contributed by atoms with Crippen LogP contribution in [0.5, 0.6) is 11.5 Å². The molecule has 2 aliphatic rings. The summed E-state index contributed by atoms with van der Waals surface area (Å²) < 4.78 is 5.85. The van der Waals surface area contributed by atoms with Crippen molar-refractivity contribution >= 4 is 17.5 Å². The first kappa shape index (κ1) is 16.8. The number of carbonyl (C=O) groups excluding carboxylic acids is 2. The van der Waals surface area contributed by atoms with Crippen LogP contribution in [0.1, 0.15) is 31.7 Å². The number of hydrogen-bond donors (Lipinski definition) is 0. The summed E-state index contributed by atoms with van der Waals surface area (Å²) in [6.07, 6.45) is 2.67. The summed E-state index contributed by atoms with van der Waals surface area (Å²) in [5.74, 6) is 1.60. The molecule has 1 aliphatic carbocycles. The molecule has 1 heterocycles. The summed E-state index contributed by atoms with van der Waals surface area (Å²) in [4.78, 5) is 26.9. The van der Waals surface area contributed by atoms with Gasteiger partial charge in [-0.2, -0.15) is 0 Å². The second-order valence-electron chi connectivity index (χ2n) is 7.56. The first-order valence-electron chi connectivity index (χ1n) is 9.25. The molecule has 1 aliphatic heterocycles. The van der Waals surface area contributed by atoms with E-state index in [1.165, 1.54) is 4.90 Å². The van der Waals surface area contributed by atoms with Gasteiger partial charge in [0.05, 0.1) is 17.5 Å². The second kappa shape index (κ2) is 6.60. The Morgan fingerprint density at radius 3 is 2.38 bits per heavy atom. The number of ether oxygens (including phenoxy) is 1. The third-order valence-corrected chi connectivity index (χ3v) is 5.51. The largest absolute Gasteiger partial charge is 0.457 e. The second-order valence-corrected chi connectivity index (χ2v) is 7.56. The van der Waals surface area contributed by atoms with Crippen molar-refractivity contribution < 1.29 is 14.3 Å². The molecule has 1 saturated carbocycles. The molecule has 134 valence electrons. The van der Waals surface area contributed by atoms with Crippen molar-refractivity contribution in [3.63, 3.8) is 0 Å². The fourth-order valence-electron chi connectivity index (χ4n) is 4.12. The Balaban J connectivity index is 1.53. The van der Waals surface area contributed by atoms with Gasteiger partial charge in [-0.3, -0.25) is 14.5 Å². The monoisotopic (exact) mass is 349 g/mol. The third-order valence-electron chi connectivity index (χ3n) is 5.51. The van der Waals surface area contributed by atoms with E-state index in [0.717, 1.165) is 30.6 Å². The van der Waals surface area contributed by atoms with Crippen LogP contribution in [0, 0.1) is 24.7 Å². The highest BCUT2D eigenvalue weighted by Gasteiger charge is 2.49. The molecule has 4 rings (SSSR count). The van der Waals surface area contributed by atoms with Crippen molar-refractivity contribution in [3.8, 4) is 11.5 Å². The van der Waals surface area contributed by atoms with Gasteiger partial charge in [0.25, 0.3) is 0 Å². The number of hydrogen-bond acceptors (Lipinski definition) is 3. The Hall–Kier alpha value is -2.62. The molecule has 4 heteroatoms. The molecule has 4 nitrogen and oxygen atoms in total. The van der Waals surface area contributed by atoms with Gasteiger partial charge in [0.1, 0.15) is 11.5 Å². The maximum atomic E-state index is 12.8. The summed E-state index contributed by atoms with van der Waals surface area (Å²) in [5.41, 5.74) is 1.77. The predicted molar refractivity (Wildman–Crippen MR) is 100 cm³/mol. The number of imide groups is 1. The lowest BCUT2D eigenvalue weighted by Crippen LogP contribution is -2.30. The van der Waals surface area contributed by atoms with Crippen LogP contribution in [-0.2, 0) is 9.59 Å². The lowest BCUT2D eigenvalue weighted by Gasteiger charge is -2.25. The van der Waals surface area contributed by atoms with E-state index in [4.69, 9.17) is 4.74 Å². The number of carbonyl (C=O) groups is 2. The molecular weight excluding hydrogens is 326 g/mol. The fraction of sp³-hybridized carbons (Fsp3) is 0.364. The van der Waals surface area contributed by atoms with Crippen LogP contribution in [-0.4, -0.2) is 11.8 Å². The maximum Gasteiger partial charge on any atom is 0.237 e. The third kappa shape index (κ3) is 3.00. The zero-order valence-electron chi connectivity index (χ0n) is 15.1. The number of anilines is 1. The van der Waals surface area contributed by atoms with E-state index in [1.807, 2.05) is 43.3 Å². The Morgan fingerprint density at radius 2 is 1.65 bits per heavy atom. The highest BCUT2D eigenvalue weighted by Crippen LogP contribution is 2.42. The van der Waals surface area contributed by atoms with Gasteiger partial charge in [0, 0.05) is 0 Å². The lowest BCUT2D eigenvalue weighted by molar-refractivity contribution is -0.122. The minimum atomic E-state index is -0.144. The number of rotatable bonds is 3. The van der Waals surface area contributed by atoms with Gasteiger partial charge >= 0.3 is 0 Å². The minimum absolute atomic E-state index is 0.0424. The van der Waals surface area contributed by atoms with Gasteiger partial charge in [-0.15, -0.1) is 0 Å². The maximum absolute atomic E-state index is 12.8. The predicted octanol–water partition coefficient (Wildman–Crippen LogP) is 4.71. The van der Waals surface area contributed by atoms with Crippen LogP contribution in [0.15, 0.2) is 48.5 Å². The molecule has 2 aromatic carbocycles. The van der Waals surface area contributed by atoms with E-state index < -0.39 is 0 Å². The summed E-state index contributed by atoms with van der Waals surface area (Å²) in [7, 11) is 0. The normalized spacial score (nSPS) is 25.3. The van der Waals surface area contributed by atoms with E-state index in [1.54, 1.807) is 12.1 Å². The van der Waals surface area contributed by atoms with Gasteiger partial charge in [-0.05, 0) is 74.1 Å². The molecule has 0 radical (unpaired) electrons. The Kier molecular flexibility index (Phi) is 4.27. The average Bonchev–Trinajstić information content (AvgIpc) is 2.86. The van der Waals surface area contributed by atoms with Gasteiger partial charge < -0.3 is 4.74 Å². The molecule has 0 bridgehead atoms. The number of benzene rings is 2. The molecule has 3 atom stereocenters. The first-order valence-corrected chi connectivity index (χ1v) is 9.25. The highest BCUT2D eigenvalue weighted by molar-refractivity contribution is 6.22. The first-order chi connectivity index (χ1) is 12.5. The smallest absolute Gasteiger partial charge is 0.237 e. The van der Waals surface area contributed by atoms with Crippen molar-refractivity contribution in [2.45, 2.75) is 33.1 Å².